The van der Waals surface area contributed by atoms with E-state index >= 15 is 0 Å². The van der Waals surface area contributed by atoms with Crippen molar-refractivity contribution in [2.75, 3.05) is 11.9 Å². The fourth-order valence-corrected chi connectivity index (χ4v) is 1.87. The lowest BCUT2D eigenvalue weighted by atomic mass is 10.1. The number of amides is 1. The maximum atomic E-state index is 11.7. The number of hydrogen-bond donors (Lipinski definition) is 3. The normalized spacial score (nSPS) is 12.2. The van der Waals surface area contributed by atoms with E-state index in [4.69, 9.17) is 16.7 Å². The van der Waals surface area contributed by atoms with Crippen molar-refractivity contribution in [3.05, 3.63) is 28.8 Å². The third-order valence-electron chi connectivity index (χ3n) is 2.87. The molecule has 3 N–H and O–H groups in total. The fourth-order valence-electron chi connectivity index (χ4n) is 1.69. The van der Waals surface area contributed by atoms with Gasteiger partial charge in [-0.05, 0) is 30.5 Å². The summed E-state index contributed by atoms with van der Waals surface area (Å²) < 4.78 is 0. The van der Waals surface area contributed by atoms with Crippen LogP contribution in [0.1, 0.15) is 19.4 Å². The Kier molecular flexibility index (Phi) is 5.98. The predicted octanol–water partition coefficient (Wildman–Crippen LogP) is 2.29. The van der Waals surface area contributed by atoms with Gasteiger partial charge in [0.15, 0.2) is 0 Å². The Balaban J connectivity index is 2.55. The Morgan fingerprint density at radius 1 is 1.35 bits per heavy atom. The van der Waals surface area contributed by atoms with Crippen molar-refractivity contribution in [2.45, 2.75) is 26.8 Å². The first kappa shape index (κ1) is 16.5. The van der Waals surface area contributed by atoms with Gasteiger partial charge in [-0.2, -0.15) is 0 Å². The van der Waals surface area contributed by atoms with Gasteiger partial charge in [0.1, 0.15) is 6.04 Å². The molecule has 5 nitrogen and oxygen atoms in total. The lowest BCUT2D eigenvalue weighted by Gasteiger charge is -2.17. The summed E-state index contributed by atoms with van der Waals surface area (Å²) in [4.78, 5) is 22.7. The van der Waals surface area contributed by atoms with Crippen LogP contribution < -0.4 is 10.6 Å². The number of aliphatic carboxylic acids is 1. The largest absolute Gasteiger partial charge is 0.480 e. The van der Waals surface area contributed by atoms with Crippen LogP contribution in [0.25, 0.3) is 0 Å². The topological polar surface area (TPSA) is 78.4 Å². The van der Waals surface area contributed by atoms with E-state index in [1.54, 1.807) is 32.0 Å². The van der Waals surface area contributed by atoms with E-state index in [0.717, 1.165) is 5.56 Å². The van der Waals surface area contributed by atoms with Gasteiger partial charge in [-0.25, -0.2) is 0 Å². The molecule has 6 heteroatoms. The number of nitrogens with one attached hydrogen (secondary N) is 2. The maximum Gasteiger partial charge on any atom is 0.320 e. The second-order valence-corrected chi connectivity index (χ2v) is 5.36. The van der Waals surface area contributed by atoms with Crippen molar-refractivity contribution in [3.8, 4) is 0 Å². The van der Waals surface area contributed by atoms with E-state index in [1.807, 2.05) is 6.92 Å². The van der Waals surface area contributed by atoms with E-state index in [-0.39, 0.29) is 18.4 Å². The van der Waals surface area contributed by atoms with Crippen LogP contribution in [0.5, 0.6) is 0 Å². The minimum atomic E-state index is -0.966. The first-order valence-corrected chi connectivity index (χ1v) is 6.71. The summed E-state index contributed by atoms with van der Waals surface area (Å²) >= 11 is 5.96. The zero-order valence-electron chi connectivity index (χ0n) is 11.7. The van der Waals surface area contributed by atoms with Crippen molar-refractivity contribution in [1.82, 2.24) is 5.32 Å². The fraction of sp³-hybridized carbons (Fsp3) is 0.429. The van der Waals surface area contributed by atoms with Gasteiger partial charge in [0.2, 0.25) is 5.91 Å². The molecule has 20 heavy (non-hydrogen) atoms. The van der Waals surface area contributed by atoms with E-state index in [1.165, 1.54) is 0 Å². The highest BCUT2D eigenvalue weighted by atomic mass is 35.5. The molecular formula is C14H19ClN2O3. The van der Waals surface area contributed by atoms with Crippen molar-refractivity contribution in [3.63, 3.8) is 0 Å². The van der Waals surface area contributed by atoms with Gasteiger partial charge in [-0.3, -0.25) is 14.9 Å². The average molecular weight is 299 g/mol. The number of halogens is 1. The van der Waals surface area contributed by atoms with Crippen LogP contribution in [-0.4, -0.2) is 29.6 Å². The highest BCUT2D eigenvalue weighted by Gasteiger charge is 2.21. The molecule has 0 fully saturated rings. The van der Waals surface area contributed by atoms with Gasteiger partial charge >= 0.3 is 5.97 Å². The van der Waals surface area contributed by atoms with Gasteiger partial charge in [-0.1, -0.05) is 31.5 Å². The third-order valence-corrected chi connectivity index (χ3v) is 3.28. The van der Waals surface area contributed by atoms with E-state index in [0.29, 0.717) is 10.7 Å². The van der Waals surface area contributed by atoms with Crippen molar-refractivity contribution >= 4 is 29.2 Å². The van der Waals surface area contributed by atoms with E-state index < -0.39 is 12.0 Å². The molecule has 1 aromatic rings. The molecule has 0 saturated heterocycles. The molecule has 0 radical (unpaired) electrons. The number of hydrogen-bond acceptors (Lipinski definition) is 3. The van der Waals surface area contributed by atoms with Gasteiger partial charge < -0.3 is 10.4 Å². The Bertz CT molecular complexity index is 503. The molecule has 0 aromatic heterocycles. The number of carboxylic acids is 1. The first-order valence-electron chi connectivity index (χ1n) is 6.33. The standard InChI is InChI=1S/C14H19ClN2O3/c1-8(2)13(14(19)20)16-7-12(18)17-10-5-4-9(3)11(15)6-10/h4-6,8,13,16H,7H2,1-3H3,(H,17,18)(H,19,20). The summed E-state index contributed by atoms with van der Waals surface area (Å²) in [5.74, 6) is -1.38. The first-order chi connectivity index (χ1) is 9.31. The third kappa shape index (κ3) is 4.83. The molecule has 0 saturated carbocycles. The van der Waals surface area contributed by atoms with Gasteiger partial charge in [0, 0.05) is 10.7 Å². The summed E-state index contributed by atoms with van der Waals surface area (Å²) in [5.41, 5.74) is 1.51. The second kappa shape index (κ2) is 7.26. The Morgan fingerprint density at radius 3 is 2.50 bits per heavy atom. The van der Waals surface area contributed by atoms with Crippen molar-refractivity contribution in [2.24, 2.45) is 5.92 Å². The SMILES string of the molecule is Cc1ccc(NC(=O)CNC(C(=O)O)C(C)C)cc1Cl. The second-order valence-electron chi connectivity index (χ2n) is 4.95. The molecule has 1 amide bonds. The molecule has 0 heterocycles. The van der Waals surface area contributed by atoms with Crippen LogP contribution in [0.3, 0.4) is 0 Å². The lowest BCUT2D eigenvalue weighted by Crippen LogP contribution is -2.44. The van der Waals surface area contributed by atoms with Crippen LogP contribution in [0.15, 0.2) is 18.2 Å². The monoisotopic (exact) mass is 298 g/mol. The number of carbonyl (C=O) groups excluding carboxylic acids is 1. The van der Waals surface area contributed by atoms with Crippen LogP contribution >= 0.6 is 11.6 Å². The molecule has 0 aliphatic heterocycles. The highest BCUT2D eigenvalue weighted by molar-refractivity contribution is 6.31. The van der Waals surface area contributed by atoms with Crippen LogP contribution in [0, 0.1) is 12.8 Å². The molecule has 1 aromatic carbocycles. The van der Waals surface area contributed by atoms with Crippen LogP contribution in [0.2, 0.25) is 5.02 Å². The zero-order chi connectivity index (χ0) is 15.3. The molecular weight excluding hydrogens is 280 g/mol. The average Bonchev–Trinajstić information content (AvgIpc) is 2.33. The number of rotatable bonds is 6. The summed E-state index contributed by atoms with van der Waals surface area (Å²) in [7, 11) is 0. The quantitative estimate of drug-likeness (QED) is 0.753. The summed E-state index contributed by atoms with van der Waals surface area (Å²) in [6.07, 6.45) is 0. The summed E-state index contributed by atoms with van der Waals surface area (Å²) in [6, 6.07) is 4.46. The number of benzene rings is 1. The number of carboxylic acid groups (broad SMARTS) is 1. The minimum absolute atomic E-state index is 0.0688. The molecule has 0 aliphatic rings. The van der Waals surface area contributed by atoms with Crippen LogP contribution in [-0.2, 0) is 9.59 Å². The lowest BCUT2D eigenvalue weighted by molar-refractivity contribution is -0.140. The predicted molar refractivity (Wildman–Crippen MR) is 79.1 cm³/mol. The van der Waals surface area contributed by atoms with Gasteiger partial charge in [-0.15, -0.1) is 0 Å². The Labute approximate surface area is 123 Å². The molecule has 110 valence electrons. The molecule has 1 atom stereocenters. The number of anilines is 1. The van der Waals surface area contributed by atoms with Gasteiger partial charge in [0.05, 0.1) is 6.54 Å². The van der Waals surface area contributed by atoms with Crippen molar-refractivity contribution in [1.29, 1.82) is 0 Å². The molecule has 0 spiro atoms. The molecule has 1 rings (SSSR count). The Hall–Kier alpha value is -1.59. The van der Waals surface area contributed by atoms with Gasteiger partial charge in [0.25, 0.3) is 0 Å². The smallest absolute Gasteiger partial charge is 0.320 e. The maximum absolute atomic E-state index is 11.7. The molecule has 0 aliphatic carbocycles. The molecule has 0 bridgehead atoms. The molecule has 1 unspecified atom stereocenters. The Morgan fingerprint density at radius 2 is 2.00 bits per heavy atom. The minimum Gasteiger partial charge on any atom is -0.480 e. The number of aryl methyl sites for hydroxylation is 1. The highest BCUT2D eigenvalue weighted by Crippen LogP contribution is 2.19. The summed E-state index contributed by atoms with van der Waals surface area (Å²) in [5, 5.41) is 15.0. The van der Waals surface area contributed by atoms with Crippen molar-refractivity contribution < 1.29 is 14.7 Å². The van der Waals surface area contributed by atoms with E-state index in [9.17, 15) is 9.59 Å². The van der Waals surface area contributed by atoms with Crippen LogP contribution in [0.4, 0.5) is 5.69 Å². The van der Waals surface area contributed by atoms with E-state index in [2.05, 4.69) is 10.6 Å². The summed E-state index contributed by atoms with van der Waals surface area (Å²) in [6.45, 7) is 5.36. The number of carbonyl (C=O) groups is 2. The zero-order valence-corrected chi connectivity index (χ0v) is 12.5.